The molecule has 0 saturated carbocycles. The van der Waals surface area contributed by atoms with Crippen molar-refractivity contribution < 1.29 is 9.72 Å². The number of nitro benzene ring substituents is 1. The maximum Gasteiger partial charge on any atom is 0.271 e. The Hall–Kier alpha value is -2.32. The number of piperidine rings is 1. The molecule has 1 saturated heterocycles. The summed E-state index contributed by atoms with van der Waals surface area (Å²) in [5, 5.41) is 19.3. The van der Waals surface area contributed by atoms with Gasteiger partial charge in [0.1, 0.15) is 10.7 Å². The van der Waals surface area contributed by atoms with Crippen LogP contribution in [0.25, 0.3) is 10.6 Å². The van der Waals surface area contributed by atoms with Gasteiger partial charge in [-0.15, -0.1) is 11.3 Å². The van der Waals surface area contributed by atoms with E-state index in [0.29, 0.717) is 16.3 Å². The summed E-state index contributed by atoms with van der Waals surface area (Å²) in [5.74, 6) is -0.202. The van der Waals surface area contributed by atoms with E-state index >= 15 is 0 Å². The summed E-state index contributed by atoms with van der Waals surface area (Å²) in [4.78, 5) is 26.9. The van der Waals surface area contributed by atoms with Crippen LogP contribution in [0, 0.1) is 10.1 Å². The molecule has 2 heterocycles. The molecule has 1 aliphatic rings. The minimum Gasteiger partial charge on any atom is -0.347 e. The van der Waals surface area contributed by atoms with Gasteiger partial charge in [0, 0.05) is 35.7 Å². The van der Waals surface area contributed by atoms with Gasteiger partial charge in [0.2, 0.25) is 0 Å². The van der Waals surface area contributed by atoms with E-state index in [1.54, 1.807) is 17.5 Å². The Bertz CT molecular complexity index is 725. The Morgan fingerprint density at radius 2 is 2.35 bits per heavy atom. The van der Waals surface area contributed by atoms with E-state index in [9.17, 15) is 14.9 Å². The molecule has 3 rings (SSSR count). The summed E-state index contributed by atoms with van der Waals surface area (Å²) < 4.78 is 0. The Balaban J connectivity index is 1.73. The lowest BCUT2D eigenvalue weighted by Gasteiger charge is -2.23. The number of thiazole rings is 1. The van der Waals surface area contributed by atoms with Crippen LogP contribution < -0.4 is 10.6 Å². The standard InChI is InChI=1S/C15H16N4O3S/c20-14(17-11-4-2-6-16-8-11)13-9-23-15(18-13)10-3-1-5-12(7-10)19(21)22/h1,3,5,7,9,11,16H,2,4,6,8H2,(H,17,20)/t11-/m0/s1. The molecule has 0 unspecified atom stereocenters. The quantitative estimate of drug-likeness (QED) is 0.661. The average Bonchev–Trinajstić information content (AvgIpc) is 3.06. The maximum atomic E-state index is 12.2. The Morgan fingerprint density at radius 1 is 1.48 bits per heavy atom. The first-order chi connectivity index (χ1) is 11.1. The number of non-ortho nitro benzene ring substituents is 1. The highest BCUT2D eigenvalue weighted by atomic mass is 32.1. The van der Waals surface area contributed by atoms with Crippen LogP contribution in [0.5, 0.6) is 0 Å². The summed E-state index contributed by atoms with van der Waals surface area (Å²) in [6.07, 6.45) is 2.00. The molecule has 1 amide bonds. The number of hydrogen-bond donors (Lipinski definition) is 2. The number of nitrogens with one attached hydrogen (secondary N) is 2. The van der Waals surface area contributed by atoms with Crippen LogP contribution in [0.3, 0.4) is 0 Å². The number of aromatic nitrogens is 1. The van der Waals surface area contributed by atoms with Gasteiger partial charge in [-0.25, -0.2) is 4.98 Å². The molecule has 1 aromatic heterocycles. The SMILES string of the molecule is O=C(N[C@H]1CCCNC1)c1csc(-c2cccc([N+](=O)[O-])c2)n1. The number of carbonyl (C=O) groups is 1. The van der Waals surface area contributed by atoms with Gasteiger partial charge in [-0.3, -0.25) is 14.9 Å². The van der Waals surface area contributed by atoms with Gasteiger partial charge in [-0.05, 0) is 19.4 Å². The normalized spacial score (nSPS) is 17.7. The maximum absolute atomic E-state index is 12.2. The molecule has 0 radical (unpaired) electrons. The zero-order chi connectivity index (χ0) is 16.2. The van der Waals surface area contributed by atoms with Crippen LogP contribution in [-0.2, 0) is 0 Å². The van der Waals surface area contributed by atoms with E-state index in [2.05, 4.69) is 15.6 Å². The molecule has 1 aliphatic heterocycles. The number of rotatable bonds is 4. The molecule has 1 fully saturated rings. The van der Waals surface area contributed by atoms with Crippen LogP contribution in [0.4, 0.5) is 5.69 Å². The minimum absolute atomic E-state index is 0.0111. The van der Waals surface area contributed by atoms with Crippen molar-refractivity contribution >= 4 is 22.9 Å². The molecular weight excluding hydrogens is 316 g/mol. The van der Waals surface area contributed by atoms with E-state index < -0.39 is 4.92 Å². The van der Waals surface area contributed by atoms with Gasteiger partial charge in [0.25, 0.3) is 11.6 Å². The van der Waals surface area contributed by atoms with Crippen molar-refractivity contribution in [1.82, 2.24) is 15.6 Å². The second-order valence-corrected chi connectivity index (χ2v) is 6.22. The van der Waals surface area contributed by atoms with E-state index in [4.69, 9.17) is 0 Å². The largest absolute Gasteiger partial charge is 0.347 e. The van der Waals surface area contributed by atoms with Crippen LogP contribution in [-0.4, -0.2) is 34.9 Å². The second-order valence-electron chi connectivity index (χ2n) is 5.36. The van der Waals surface area contributed by atoms with Gasteiger partial charge in [0.15, 0.2) is 0 Å². The third kappa shape index (κ3) is 3.72. The van der Waals surface area contributed by atoms with Crippen LogP contribution >= 0.6 is 11.3 Å². The first kappa shape index (κ1) is 15.6. The van der Waals surface area contributed by atoms with Crippen LogP contribution in [0.1, 0.15) is 23.3 Å². The van der Waals surface area contributed by atoms with Gasteiger partial charge >= 0.3 is 0 Å². The lowest BCUT2D eigenvalue weighted by molar-refractivity contribution is -0.384. The van der Waals surface area contributed by atoms with Crippen molar-refractivity contribution in [1.29, 1.82) is 0 Å². The van der Waals surface area contributed by atoms with Crippen molar-refractivity contribution in [3.63, 3.8) is 0 Å². The topological polar surface area (TPSA) is 97.2 Å². The molecule has 120 valence electrons. The van der Waals surface area contributed by atoms with E-state index in [0.717, 1.165) is 25.9 Å². The number of carbonyl (C=O) groups excluding carboxylic acids is 1. The van der Waals surface area contributed by atoms with Crippen molar-refractivity contribution in [2.45, 2.75) is 18.9 Å². The highest BCUT2D eigenvalue weighted by molar-refractivity contribution is 7.13. The molecular formula is C15H16N4O3S. The monoisotopic (exact) mass is 332 g/mol. The first-order valence-electron chi connectivity index (χ1n) is 7.35. The Kier molecular flexibility index (Phi) is 4.63. The highest BCUT2D eigenvalue weighted by Crippen LogP contribution is 2.26. The molecule has 2 N–H and O–H groups in total. The summed E-state index contributed by atoms with van der Waals surface area (Å²) in [7, 11) is 0. The van der Waals surface area contributed by atoms with Crippen molar-refractivity contribution in [2.75, 3.05) is 13.1 Å². The lowest BCUT2D eigenvalue weighted by Crippen LogP contribution is -2.45. The molecule has 0 bridgehead atoms. The third-order valence-corrected chi connectivity index (χ3v) is 4.56. The zero-order valence-electron chi connectivity index (χ0n) is 12.3. The second kappa shape index (κ2) is 6.84. The van der Waals surface area contributed by atoms with E-state index in [1.807, 2.05) is 0 Å². The van der Waals surface area contributed by atoms with Gasteiger partial charge in [-0.2, -0.15) is 0 Å². The zero-order valence-corrected chi connectivity index (χ0v) is 13.1. The van der Waals surface area contributed by atoms with E-state index in [1.165, 1.54) is 23.5 Å². The summed E-state index contributed by atoms with van der Waals surface area (Å²) in [6.45, 7) is 1.76. The fourth-order valence-electron chi connectivity index (χ4n) is 2.50. The summed E-state index contributed by atoms with van der Waals surface area (Å²) in [6, 6.07) is 6.38. The van der Waals surface area contributed by atoms with Gasteiger partial charge in [-0.1, -0.05) is 12.1 Å². The van der Waals surface area contributed by atoms with Gasteiger partial charge < -0.3 is 10.6 Å². The minimum atomic E-state index is -0.444. The number of benzene rings is 1. The smallest absolute Gasteiger partial charge is 0.271 e. The third-order valence-electron chi connectivity index (χ3n) is 3.67. The molecule has 23 heavy (non-hydrogen) atoms. The molecule has 8 heteroatoms. The molecule has 1 atom stereocenters. The van der Waals surface area contributed by atoms with Crippen molar-refractivity contribution in [2.24, 2.45) is 0 Å². The Labute approximate surface area is 136 Å². The van der Waals surface area contributed by atoms with Crippen molar-refractivity contribution in [3.05, 3.63) is 45.5 Å². The predicted molar refractivity (Wildman–Crippen MR) is 87.6 cm³/mol. The van der Waals surface area contributed by atoms with Crippen molar-refractivity contribution in [3.8, 4) is 10.6 Å². The predicted octanol–water partition coefficient (Wildman–Crippen LogP) is 2.20. The lowest BCUT2D eigenvalue weighted by atomic mass is 10.1. The molecule has 1 aromatic carbocycles. The fraction of sp³-hybridized carbons (Fsp3) is 0.333. The highest BCUT2D eigenvalue weighted by Gasteiger charge is 2.19. The molecule has 0 aliphatic carbocycles. The van der Waals surface area contributed by atoms with Crippen LogP contribution in [0.2, 0.25) is 0 Å². The number of nitro groups is 1. The number of nitrogens with zero attached hydrogens (tertiary/aromatic N) is 2. The molecule has 0 spiro atoms. The summed E-state index contributed by atoms with van der Waals surface area (Å²) >= 11 is 1.30. The Morgan fingerprint density at radius 3 is 3.09 bits per heavy atom. The number of hydrogen-bond acceptors (Lipinski definition) is 6. The first-order valence-corrected chi connectivity index (χ1v) is 8.23. The summed E-state index contributed by atoms with van der Waals surface area (Å²) in [5.41, 5.74) is 1.00. The van der Waals surface area contributed by atoms with Gasteiger partial charge in [0.05, 0.1) is 4.92 Å². The number of amides is 1. The molecule has 7 nitrogen and oxygen atoms in total. The van der Waals surface area contributed by atoms with E-state index in [-0.39, 0.29) is 17.6 Å². The average molecular weight is 332 g/mol. The van der Waals surface area contributed by atoms with Crippen LogP contribution in [0.15, 0.2) is 29.6 Å². The molecule has 2 aromatic rings. The fourth-order valence-corrected chi connectivity index (χ4v) is 3.29.